The summed E-state index contributed by atoms with van der Waals surface area (Å²) in [5, 5.41) is 4.23. The van der Waals surface area contributed by atoms with Crippen molar-refractivity contribution >= 4 is 33.1 Å². The first kappa shape index (κ1) is 10.6. The van der Waals surface area contributed by atoms with E-state index in [1.54, 1.807) is 17.7 Å². The molecule has 0 saturated carbocycles. The first-order valence-corrected chi connectivity index (χ1v) is 6.19. The SMILES string of the molecule is CN(Cc1ccsc1)c1cc(Br)ncn1. The van der Waals surface area contributed by atoms with Crippen molar-refractivity contribution in [3.63, 3.8) is 0 Å². The normalized spacial score (nSPS) is 10.3. The van der Waals surface area contributed by atoms with Crippen molar-refractivity contribution < 1.29 is 0 Å². The van der Waals surface area contributed by atoms with Crippen molar-refractivity contribution in [2.75, 3.05) is 11.9 Å². The van der Waals surface area contributed by atoms with Gasteiger partial charge in [0.05, 0.1) is 0 Å². The molecule has 2 rings (SSSR count). The lowest BCUT2D eigenvalue weighted by molar-refractivity contribution is 0.892. The predicted octanol–water partition coefficient (Wildman–Crippen LogP) is 2.94. The summed E-state index contributed by atoms with van der Waals surface area (Å²) in [7, 11) is 2.02. The van der Waals surface area contributed by atoms with E-state index in [0.717, 1.165) is 17.0 Å². The van der Waals surface area contributed by atoms with E-state index in [9.17, 15) is 0 Å². The summed E-state index contributed by atoms with van der Waals surface area (Å²) in [5.74, 6) is 0.920. The lowest BCUT2D eigenvalue weighted by Gasteiger charge is -2.16. The van der Waals surface area contributed by atoms with Crippen LogP contribution >= 0.6 is 27.3 Å². The molecule has 0 amide bonds. The van der Waals surface area contributed by atoms with E-state index < -0.39 is 0 Å². The molecular weight excluding hydrogens is 274 g/mol. The number of thiophene rings is 1. The summed E-state index contributed by atoms with van der Waals surface area (Å²) < 4.78 is 0.810. The molecule has 0 N–H and O–H groups in total. The second-order valence-corrected chi connectivity index (χ2v) is 4.78. The topological polar surface area (TPSA) is 29.0 Å². The van der Waals surface area contributed by atoms with Gasteiger partial charge in [0.25, 0.3) is 0 Å². The Hall–Kier alpha value is -0.940. The van der Waals surface area contributed by atoms with Crippen molar-refractivity contribution in [3.05, 3.63) is 39.4 Å². The van der Waals surface area contributed by atoms with Crippen LogP contribution in [0.15, 0.2) is 33.8 Å². The van der Waals surface area contributed by atoms with Crippen LogP contribution < -0.4 is 4.90 Å². The standard InChI is InChI=1S/C10H10BrN3S/c1-14(5-8-2-3-15-6-8)10-4-9(11)12-7-13-10/h2-4,6-7H,5H2,1H3. The summed E-state index contributed by atoms with van der Waals surface area (Å²) in [4.78, 5) is 10.3. The smallest absolute Gasteiger partial charge is 0.133 e. The van der Waals surface area contributed by atoms with Crippen LogP contribution in [0.1, 0.15) is 5.56 Å². The third-order valence-corrected chi connectivity index (χ3v) is 3.18. The fourth-order valence-corrected chi connectivity index (χ4v) is 2.23. The fourth-order valence-electron chi connectivity index (χ4n) is 1.27. The van der Waals surface area contributed by atoms with Gasteiger partial charge in [-0.15, -0.1) is 0 Å². The maximum absolute atomic E-state index is 4.21. The van der Waals surface area contributed by atoms with Crippen LogP contribution in [0, 0.1) is 0 Å². The van der Waals surface area contributed by atoms with Gasteiger partial charge >= 0.3 is 0 Å². The first-order chi connectivity index (χ1) is 7.25. The van der Waals surface area contributed by atoms with Crippen molar-refractivity contribution in [3.8, 4) is 0 Å². The van der Waals surface area contributed by atoms with E-state index in [2.05, 4.69) is 47.6 Å². The van der Waals surface area contributed by atoms with Gasteiger partial charge in [-0.05, 0) is 38.3 Å². The van der Waals surface area contributed by atoms with Gasteiger partial charge in [0, 0.05) is 19.7 Å². The second kappa shape index (κ2) is 4.72. The minimum Gasteiger partial charge on any atom is -0.355 e. The third-order valence-electron chi connectivity index (χ3n) is 2.01. The van der Waals surface area contributed by atoms with E-state index in [4.69, 9.17) is 0 Å². The predicted molar refractivity (Wildman–Crippen MR) is 66.2 cm³/mol. The number of anilines is 1. The Bertz CT molecular complexity index is 430. The summed E-state index contributed by atoms with van der Waals surface area (Å²) in [6.07, 6.45) is 1.56. The highest BCUT2D eigenvalue weighted by molar-refractivity contribution is 9.10. The maximum Gasteiger partial charge on any atom is 0.133 e. The van der Waals surface area contributed by atoms with E-state index in [-0.39, 0.29) is 0 Å². The maximum atomic E-state index is 4.21. The molecule has 0 aliphatic carbocycles. The number of hydrogen-bond donors (Lipinski definition) is 0. The molecule has 78 valence electrons. The Balaban J connectivity index is 2.11. The second-order valence-electron chi connectivity index (χ2n) is 3.19. The van der Waals surface area contributed by atoms with E-state index in [0.29, 0.717) is 0 Å². The Labute approximate surface area is 101 Å². The zero-order valence-corrected chi connectivity index (χ0v) is 10.6. The van der Waals surface area contributed by atoms with Crippen molar-refractivity contribution in [2.24, 2.45) is 0 Å². The molecule has 0 aliphatic rings. The molecule has 15 heavy (non-hydrogen) atoms. The molecule has 0 unspecified atom stereocenters. The van der Waals surface area contributed by atoms with Gasteiger partial charge in [-0.1, -0.05) is 0 Å². The van der Waals surface area contributed by atoms with Crippen LogP contribution in [-0.2, 0) is 6.54 Å². The molecule has 0 aliphatic heterocycles. The molecule has 3 nitrogen and oxygen atoms in total. The zero-order chi connectivity index (χ0) is 10.7. The summed E-state index contributed by atoms with van der Waals surface area (Å²) in [6, 6.07) is 4.03. The Morgan fingerprint density at radius 2 is 2.33 bits per heavy atom. The lowest BCUT2D eigenvalue weighted by Crippen LogP contribution is -2.17. The van der Waals surface area contributed by atoms with Crippen molar-refractivity contribution in [1.82, 2.24) is 9.97 Å². The molecule has 0 saturated heterocycles. The fraction of sp³-hybridized carbons (Fsp3) is 0.200. The summed E-state index contributed by atoms with van der Waals surface area (Å²) in [6.45, 7) is 0.868. The van der Waals surface area contributed by atoms with Crippen LogP contribution in [0.4, 0.5) is 5.82 Å². The number of halogens is 1. The lowest BCUT2D eigenvalue weighted by atomic mass is 10.3. The number of rotatable bonds is 3. The molecule has 2 aromatic rings. The first-order valence-electron chi connectivity index (χ1n) is 4.45. The largest absolute Gasteiger partial charge is 0.355 e. The molecule has 5 heteroatoms. The molecule has 0 atom stereocenters. The highest BCUT2D eigenvalue weighted by Crippen LogP contribution is 2.16. The molecule has 0 aromatic carbocycles. The molecular formula is C10H10BrN3S. The average Bonchev–Trinajstić information content (AvgIpc) is 2.70. The monoisotopic (exact) mass is 283 g/mol. The number of aromatic nitrogens is 2. The Morgan fingerprint density at radius 3 is 3.00 bits per heavy atom. The minimum atomic E-state index is 0.810. The van der Waals surface area contributed by atoms with Gasteiger partial charge in [0.2, 0.25) is 0 Å². The van der Waals surface area contributed by atoms with Crippen LogP contribution in [0.3, 0.4) is 0 Å². The Morgan fingerprint density at radius 1 is 1.47 bits per heavy atom. The summed E-state index contributed by atoms with van der Waals surface area (Å²) in [5.41, 5.74) is 1.30. The van der Waals surface area contributed by atoms with E-state index in [1.807, 2.05) is 13.1 Å². The molecule has 0 bridgehead atoms. The number of nitrogens with zero attached hydrogens (tertiary/aromatic N) is 3. The van der Waals surface area contributed by atoms with Crippen LogP contribution in [0.25, 0.3) is 0 Å². The van der Waals surface area contributed by atoms with Gasteiger partial charge in [-0.2, -0.15) is 11.3 Å². The summed E-state index contributed by atoms with van der Waals surface area (Å²) >= 11 is 5.04. The third kappa shape index (κ3) is 2.76. The molecule has 0 spiro atoms. The molecule has 2 heterocycles. The van der Waals surface area contributed by atoms with Crippen molar-refractivity contribution in [1.29, 1.82) is 0 Å². The van der Waals surface area contributed by atoms with Crippen LogP contribution in [0.5, 0.6) is 0 Å². The molecule has 0 fully saturated rings. The van der Waals surface area contributed by atoms with E-state index >= 15 is 0 Å². The van der Waals surface area contributed by atoms with Crippen LogP contribution in [0.2, 0.25) is 0 Å². The number of hydrogen-bond acceptors (Lipinski definition) is 4. The van der Waals surface area contributed by atoms with Gasteiger partial charge < -0.3 is 4.90 Å². The van der Waals surface area contributed by atoms with Crippen LogP contribution in [-0.4, -0.2) is 17.0 Å². The highest BCUT2D eigenvalue weighted by Gasteiger charge is 2.04. The molecule has 2 aromatic heterocycles. The average molecular weight is 284 g/mol. The zero-order valence-electron chi connectivity index (χ0n) is 8.22. The highest BCUT2D eigenvalue weighted by atomic mass is 79.9. The van der Waals surface area contributed by atoms with Gasteiger partial charge in [-0.25, -0.2) is 9.97 Å². The quantitative estimate of drug-likeness (QED) is 0.811. The Kier molecular flexibility index (Phi) is 3.33. The van der Waals surface area contributed by atoms with Gasteiger partial charge in [0.1, 0.15) is 16.7 Å². The van der Waals surface area contributed by atoms with Gasteiger partial charge in [0.15, 0.2) is 0 Å². The van der Waals surface area contributed by atoms with E-state index in [1.165, 1.54) is 5.56 Å². The molecule has 0 radical (unpaired) electrons. The minimum absolute atomic E-state index is 0.810. The van der Waals surface area contributed by atoms with Gasteiger partial charge in [-0.3, -0.25) is 0 Å². The van der Waals surface area contributed by atoms with Crippen molar-refractivity contribution in [2.45, 2.75) is 6.54 Å².